The standard InChI is InChI=1S/C18H19BrN2/c1-18(2,9-8-14-6-4-3-5-7-14)21-17-11-15(13-20)10-16(19)12-17/h3-7,10-12,21H,8-9H2,1-2H3. The monoisotopic (exact) mass is 342 g/mol. The van der Waals surface area contributed by atoms with Crippen molar-refractivity contribution in [1.29, 1.82) is 5.26 Å². The molecule has 0 radical (unpaired) electrons. The fourth-order valence-corrected chi connectivity index (χ4v) is 2.77. The van der Waals surface area contributed by atoms with Gasteiger partial charge in [-0.1, -0.05) is 46.3 Å². The summed E-state index contributed by atoms with van der Waals surface area (Å²) in [5, 5.41) is 12.6. The quantitative estimate of drug-likeness (QED) is 0.815. The highest BCUT2D eigenvalue weighted by Gasteiger charge is 2.17. The number of rotatable bonds is 5. The minimum Gasteiger partial charge on any atom is -0.380 e. The maximum Gasteiger partial charge on any atom is 0.0992 e. The third-order valence-corrected chi connectivity index (χ3v) is 3.85. The Bertz CT molecular complexity index is 642. The number of benzene rings is 2. The van der Waals surface area contributed by atoms with Crippen molar-refractivity contribution in [2.24, 2.45) is 0 Å². The van der Waals surface area contributed by atoms with E-state index >= 15 is 0 Å². The summed E-state index contributed by atoms with van der Waals surface area (Å²) >= 11 is 3.45. The van der Waals surface area contributed by atoms with Crippen molar-refractivity contribution in [3.05, 3.63) is 64.1 Å². The van der Waals surface area contributed by atoms with Gasteiger partial charge in [-0.2, -0.15) is 5.26 Å². The summed E-state index contributed by atoms with van der Waals surface area (Å²) in [5.41, 5.74) is 2.94. The third-order valence-electron chi connectivity index (χ3n) is 3.39. The molecule has 0 saturated heterocycles. The number of nitrogens with zero attached hydrogens (tertiary/aromatic N) is 1. The van der Waals surface area contributed by atoms with E-state index in [2.05, 4.69) is 65.4 Å². The molecular formula is C18H19BrN2. The summed E-state index contributed by atoms with van der Waals surface area (Å²) in [4.78, 5) is 0. The van der Waals surface area contributed by atoms with E-state index in [4.69, 9.17) is 5.26 Å². The molecular weight excluding hydrogens is 324 g/mol. The van der Waals surface area contributed by atoms with Crippen LogP contribution >= 0.6 is 15.9 Å². The first-order chi connectivity index (χ1) is 9.98. The van der Waals surface area contributed by atoms with E-state index in [1.54, 1.807) is 0 Å². The zero-order valence-electron chi connectivity index (χ0n) is 12.4. The van der Waals surface area contributed by atoms with Gasteiger partial charge in [0.1, 0.15) is 0 Å². The number of anilines is 1. The van der Waals surface area contributed by atoms with Gasteiger partial charge < -0.3 is 5.32 Å². The minimum atomic E-state index is -0.0383. The molecule has 3 heteroatoms. The number of halogens is 1. The van der Waals surface area contributed by atoms with E-state index in [9.17, 15) is 0 Å². The molecule has 0 amide bonds. The van der Waals surface area contributed by atoms with Crippen molar-refractivity contribution in [1.82, 2.24) is 0 Å². The smallest absolute Gasteiger partial charge is 0.0992 e. The van der Waals surface area contributed by atoms with Crippen LogP contribution in [0.4, 0.5) is 5.69 Å². The Balaban J connectivity index is 2.03. The predicted octanol–water partition coefficient (Wildman–Crippen LogP) is 5.14. The molecule has 2 aromatic rings. The molecule has 0 unspecified atom stereocenters. The average molecular weight is 343 g/mol. The van der Waals surface area contributed by atoms with E-state index in [-0.39, 0.29) is 5.54 Å². The molecule has 0 atom stereocenters. The Hall–Kier alpha value is -1.79. The van der Waals surface area contributed by atoms with Crippen molar-refractivity contribution in [2.75, 3.05) is 5.32 Å². The van der Waals surface area contributed by atoms with Crippen LogP contribution in [-0.2, 0) is 6.42 Å². The lowest BCUT2D eigenvalue weighted by Gasteiger charge is -2.28. The number of hydrogen-bond donors (Lipinski definition) is 1. The van der Waals surface area contributed by atoms with E-state index in [1.807, 2.05) is 24.3 Å². The molecule has 0 spiro atoms. The normalized spacial score (nSPS) is 11.0. The van der Waals surface area contributed by atoms with Gasteiger partial charge in [0, 0.05) is 15.7 Å². The molecule has 0 aliphatic rings. The Morgan fingerprint density at radius 2 is 1.86 bits per heavy atom. The zero-order chi connectivity index (χ0) is 15.3. The predicted molar refractivity (Wildman–Crippen MR) is 91.3 cm³/mol. The lowest BCUT2D eigenvalue weighted by Crippen LogP contribution is -2.31. The molecule has 0 saturated carbocycles. The second kappa shape index (κ2) is 6.78. The SMILES string of the molecule is CC(C)(CCc1ccccc1)Nc1cc(Br)cc(C#N)c1. The van der Waals surface area contributed by atoms with Gasteiger partial charge in [-0.05, 0) is 50.5 Å². The topological polar surface area (TPSA) is 35.8 Å². The first-order valence-corrected chi connectivity index (χ1v) is 7.81. The Kier molecular flexibility index (Phi) is 5.03. The summed E-state index contributed by atoms with van der Waals surface area (Å²) in [5.74, 6) is 0. The maximum absolute atomic E-state index is 9.04. The second-order valence-corrected chi connectivity index (χ2v) is 6.75. The van der Waals surface area contributed by atoms with E-state index in [0.717, 1.165) is 23.0 Å². The molecule has 0 aliphatic heterocycles. The number of nitriles is 1. The summed E-state index contributed by atoms with van der Waals surface area (Å²) in [6.45, 7) is 4.37. The van der Waals surface area contributed by atoms with E-state index in [1.165, 1.54) is 5.56 Å². The highest BCUT2D eigenvalue weighted by Crippen LogP contribution is 2.24. The van der Waals surface area contributed by atoms with Crippen LogP contribution in [0.2, 0.25) is 0 Å². The lowest BCUT2D eigenvalue weighted by atomic mass is 9.95. The van der Waals surface area contributed by atoms with Crippen molar-refractivity contribution in [3.8, 4) is 6.07 Å². The van der Waals surface area contributed by atoms with Gasteiger partial charge in [0.05, 0.1) is 11.6 Å². The fraction of sp³-hybridized carbons (Fsp3) is 0.278. The van der Waals surface area contributed by atoms with Crippen molar-refractivity contribution < 1.29 is 0 Å². The van der Waals surface area contributed by atoms with E-state index < -0.39 is 0 Å². The first-order valence-electron chi connectivity index (χ1n) is 7.01. The molecule has 2 rings (SSSR count). The zero-order valence-corrected chi connectivity index (χ0v) is 13.9. The molecule has 2 nitrogen and oxygen atoms in total. The van der Waals surface area contributed by atoms with Crippen LogP contribution in [0.15, 0.2) is 53.0 Å². The van der Waals surface area contributed by atoms with Crippen molar-refractivity contribution in [3.63, 3.8) is 0 Å². The molecule has 0 fully saturated rings. The summed E-state index contributed by atoms with van der Waals surface area (Å²) in [6.07, 6.45) is 2.05. The molecule has 0 heterocycles. The van der Waals surface area contributed by atoms with Gasteiger partial charge in [0.15, 0.2) is 0 Å². The van der Waals surface area contributed by atoms with Gasteiger partial charge in [-0.25, -0.2) is 0 Å². The summed E-state index contributed by atoms with van der Waals surface area (Å²) < 4.78 is 0.919. The van der Waals surface area contributed by atoms with Crippen LogP contribution in [0, 0.1) is 11.3 Å². The minimum absolute atomic E-state index is 0.0383. The lowest BCUT2D eigenvalue weighted by molar-refractivity contribution is 0.518. The van der Waals surface area contributed by atoms with Gasteiger partial charge in [-0.3, -0.25) is 0 Å². The van der Waals surface area contributed by atoms with E-state index in [0.29, 0.717) is 5.56 Å². The van der Waals surface area contributed by atoms with Crippen molar-refractivity contribution in [2.45, 2.75) is 32.2 Å². The second-order valence-electron chi connectivity index (χ2n) is 5.83. The van der Waals surface area contributed by atoms with Crippen LogP contribution < -0.4 is 5.32 Å². The van der Waals surface area contributed by atoms with Crippen LogP contribution in [0.3, 0.4) is 0 Å². The summed E-state index contributed by atoms with van der Waals surface area (Å²) in [6, 6.07) is 18.4. The fourth-order valence-electron chi connectivity index (χ4n) is 2.28. The van der Waals surface area contributed by atoms with Gasteiger partial charge in [0.25, 0.3) is 0 Å². The largest absolute Gasteiger partial charge is 0.380 e. The molecule has 1 N–H and O–H groups in total. The maximum atomic E-state index is 9.04. The van der Waals surface area contributed by atoms with Crippen LogP contribution in [0.5, 0.6) is 0 Å². The van der Waals surface area contributed by atoms with Crippen LogP contribution in [0.1, 0.15) is 31.4 Å². The van der Waals surface area contributed by atoms with Crippen LogP contribution in [0.25, 0.3) is 0 Å². The highest BCUT2D eigenvalue weighted by molar-refractivity contribution is 9.10. The van der Waals surface area contributed by atoms with Crippen LogP contribution in [-0.4, -0.2) is 5.54 Å². The average Bonchev–Trinajstić information content (AvgIpc) is 2.45. The highest BCUT2D eigenvalue weighted by atomic mass is 79.9. The van der Waals surface area contributed by atoms with Gasteiger partial charge in [0.2, 0.25) is 0 Å². The Labute approximate surface area is 134 Å². The molecule has 0 aromatic heterocycles. The number of hydrogen-bond acceptors (Lipinski definition) is 2. The molecule has 0 bridgehead atoms. The summed E-state index contributed by atoms with van der Waals surface area (Å²) in [7, 11) is 0. The van der Waals surface area contributed by atoms with Crippen molar-refractivity contribution >= 4 is 21.6 Å². The molecule has 108 valence electrons. The molecule has 0 aliphatic carbocycles. The number of aryl methyl sites for hydroxylation is 1. The first kappa shape index (κ1) is 15.6. The third kappa shape index (κ3) is 4.91. The van der Waals surface area contributed by atoms with Gasteiger partial charge in [-0.15, -0.1) is 0 Å². The molecule has 21 heavy (non-hydrogen) atoms. The molecule has 2 aromatic carbocycles. The Morgan fingerprint density at radius 3 is 2.52 bits per heavy atom. The van der Waals surface area contributed by atoms with Gasteiger partial charge >= 0.3 is 0 Å². The Morgan fingerprint density at radius 1 is 1.14 bits per heavy atom. The number of nitrogens with one attached hydrogen (secondary N) is 1.